The van der Waals surface area contributed by atoms with E-state index in [2.05, 4.69) is 36.0 Å². The van der Waals surface area contributed by atoms with Crippen LogP contribution in [0.4, 0.5) is 51.2 Å². The Morgan fingerprint density at radius 2 is 1.10 bits per heavy atom. The van der Waals surface area contributed by atoms with Gasteiger partial charge in [-0.1, -0.05) is 24.3 Å². The van der Waals surface area contributed by atoms with E-state index in [-0.39, 0.29) is 92.4 Å². The minimum absolute atomic E-state index is 0. The standard InChI is InChI=1S/C39H31N9O7S.2Na/c1-22-20-33(36(41)37(35(22)40)48-45-29-12-6-25(7-13-29)38(50)42-26-14-17-31(18-15-26)56(53,54)55)47-44-28-10-4-24(5-11-28)23-2-8-27(9-3-23)43-46-30-16-19-34(49)32(21-30)39(51)52;;/h2-21,49H,40-41H2,1H3,(H,42,50)(H,51,52)(H,53,54,55);;. The van der Waals surface area contributed by atoms with Crippen LogP contribution in [-0.4, -0.2) is 94.2 Å². The molecule has 0 spiro atoms. The maximum absolute atomic E-state index is 12.7. The normalized spacial score (nSPS) is 11.3. The molecule has 2 radical (unpaired) electrons. The molecule has 0 aromatic heterocycles. The molecule has 0 unspecified atom stereocenters. The molecule has 58 heavy (non-hydrogen) atoms. The molecule has 282 valence electrons. The number of rotatable bonds is 11. The summed E-state index contributed by atoms with van der Waals surface area (Å²) in [5.41, 5.74) is 18.4. The number of carbonyl (C=O) groups excluding carboxylic acids is 1. The van der Waals surface area contributed by atoms with E-state index in [1.54, 1.807) is 49.4 Å². The fraction of sp³-hybridized carbons (Fsp3) is 0.0256. The maximum atomic E-state index is 12.7. The number of anilines is 3. The van der Waals surface area contributed by atoms with Gasteiger partial charge in [0.1, 0.15) is 22.7 Å². The first-order valence-corrected chi connectivity index (χ1v) is 17.9. The van der Waals surface area contributed by atoms with E-state index in [1.165, 1.54) is 54.6 Å². The molecule has 1 amide bonds. The molecule has 0 fully saturated rings. The molecule has 6 rings (SSSR count). The molecule has 0 aliphatic carbocycles. The molecule has 19 heteroatoms. The molecule has 0 saturated carbocycles. The monoisotopic (exact) mass is 815 g/mol. The van der Waals surface area contributed by atoms with Gasteiger partial charge in [0.2, 0.25) is 0 Å². The number of nitrogens with zero attached hydrogens (tertiary/aromatic N) is 6. The van der Waals surface area contributed by atoms with Crippen molar-refractivity contribution in [1.29, 1.82) is 0 Å². The first-order valence-electron chi connectivity index (χ1n) is 16.4. The molecule has 0 aliphatic rings. The van der Waals surface area contributed by atoms with Crippen molar-refractivity contribution < 1.29 is 32.8 Å². The number of hydrogen-bond donors (Lipinski definition) is 6. The van der Waals surface area contributed by atoms with Gasteiger partial charge in [0, 0.05) is 70.4 Å². The smallest absolute Gasteiger partial charge is 0.339 e. The zero-order valence-electron chi connectivity index (χ0n) is 31.3. The van der Waals surface area contributed by atoms with Gasteiger partial charge in [-0.15, -0.1) is 10.2 Å². The number of nitrogens with two attached hydrogens (primary N) is 2. The molecule has 8 N–H and O–H groups in total. The second kappa shape index (κ2) is 19.7. The van der Waals surface area contributed by atoms with Crippen molar-refractivity contribution in [3.05, 3.63) is 138 Å². The number of aromatic carboxylic acids is 1. The topological polar surface area (TPSA) is 267 Å². The maximum Gasteiger partial charge on any atom is 0.339 e. The van der Waals surface area contributed by atoms with Crippen LogP contribution in [0.25, 0.3) is 11.1 Å². The summed E-state index contributed by atoms with van der Waals surface area (Å²) in [7, 11) is -4.35. The van der Waals surface area contributed by atoms with E-state index in [1.807, 2.05) is 24.3 Å². The van der Waals surface area contributed by atoms with Crippen molar-refractivity contribution >= 4 is 132 Å². The van der Waals surface area contributed by atoms with Crippen LogP contribution >= 0.6 is 0 Å². The molecule has 0 aliphatic heterocycles. The van der Waals surface area contributed by atoms with Gasteiger partial charge in [-0.05, 0) is 121 Å². The molecular formula is C39H31N9Na2O7S. The van der Waals surface area contributed by atoms with Gasteiger partial charge in [-0.25, -0.2) is 4.79 Å². The van der Waals surface area contributed by atoms with Crippen molar-refractivity contribution in [3.63, 3.8) is 0 Å². The fourth-order valence-electron chi connectivity index (χ4n) is 5.13. The Morgan fingerprint density at radius 3 is 1.64 bits per heavy atom. The average molecular weight is 816 g/mol. The summed E-state index contributed by atoms with van der Waals surface area (Å²) in [5, 5.41) is 46.9. The van der Waals surface area contributed by atoms with Gasteiger partial charge in [-0.2, -0.15) is 28.9 Å². The molecule has 16 nitrogen and oxygen atoms in total. The summed E-state index contributed by atoms with van der Waals surface area (Å²) in [6, 6.07) is 31.5. The van der Waals surface area contributed by atoms with Crippen molar-refractivity contribution in [2.45, 2.75) is 11.8 Å². The predicted octanol–water partition coefficient (Wildman–Crippen LogP) is 9.21. The van der Waals surface area contributed by atoms with Crippen LogP contribution in [0.3, 0.4) is 0 Å². The summed E-state index contributed by atoms with van der Waals surface area (Å²) in [6.07, 6.45) is 0. The van der Waals surface area contributed by atoms with Gasteiger partial charge in [0.25, 0.3) is 16.0 Å². The molecule has 0 saturated heterocycles. The third kappa shape index (κ3) is 11.3. The number of azo groups is 3. The number of carboxylic acid groups (broad SMARTS) is 1. The van der Waals surface area contributed by atoms with E-state index in [0.29, 0.717) is 45.3 Å². The van der Waals surface area contributed by atoms with Crippen LogP contribution in [0.1, 0.15) is 26.3 Å². The molecular weight excluding hydrogens is 785 g/mol. The Bertz CT molecular complexity index is 2660. The van der Waals surface area contributed by atoms with E-state index < -0.39 is 22.0 Å². The Balaban J connectivity index is 0.00000372. The van der Waals surface area contributed by atoms with Crippen LogP contribution in [0.5, 0.6) is 5.75 Å². The number of phenols is 1. The van der Waals surface area contributed by atoms with Crippen molar-refractivity contribution in [1.82, 2.24) is 0 Å². The summed E-state index contributed by atoms with van der Waals surface area (Å²) in [4.78, 5) is 23.6. The minimum Gasteiger partial charge on any atom is -0.507 e. The second-order valence-corrected chi connectivity index (χ2v) is 13.5. The van der Waals surface area contributed by atoms with Crippen LogP contribution in [-0.2, 0) is 10.1 Å². The van der Waals surface area contributed by atoms with Crippen molar-refractivity contribution in [2.24, 2.45) is 30.7 Å². The fourth-order valence-corrected chi connectivity index (χ4v) is 5.61. The summed E-state index contributed by atoms with van der Waals surface area (Å²) < 4.78 is 31.6. The Kier molecular flexibility index (Phi) is 15.3. The average Bonchev–Trinajstić information content (AvgIpc) is 3.19. The molecule has 6 aromatic rings. The minimum atomic E-state index is -4.35. The van der Waals surface area contributed by atoms with Gasteiger partial charge < -0.3 is 27.0 Å². The van der Waals surface area contributed by atoms with Gasteiger partial charge >= 0.3 is 5.97 Å². The molecule has 0 heterocycles. The Hall–Kier alpha value is -5.63. The molecule has 0 bridgehead atoms. The SMILES string of the molecule is Cc1cc(N=Nc2ccc(-c3ccc(N=Nc4ccc(O)c(C(=O)O)c4)cc3)cc2)c(N)c(N=Nc2ccc(C(=O)Nc3ccc(S(=O)(=O)O)cc3)cc2)c1N.[Na].[Na]. The van der Waals surface area contributed by atoms with Crippen LogP contribution < -0.4 is 16.8 Å². The van der Waals surface area contributed by atoms with Crippen LogP contribution in [0.15, 0.2) is 157 Å². The zero-order valence-corrected chi connectivity index (χ0v) is 36.1. The number of nitrogen functional groups attached to an aromatic ring is 2. The molecule has 0 atom stereocenters. The second-order valence-electron chi connectivity index (χ2n) is 12.1. The van der Waals surface area contributed by atoms with Crippen LogP contribution in [0.2, 0.25) is 0 Å². The largest absolute Gasteiger partial charge is 0.507 e. The third-order valence-corrected chi connectivity index (χ3v) is 9.07. The summed E-state index contributed by atoms with van der Waals surface area (Å²) in [5.74, 6) is -2.07. The van der Waals surface area contributed by atoms with Gasteiger partial charge in [0.05, 0.1) is 39.0 Å². The Morgan fingerprint density at radius 1 is 0.621 bits per heavy atom. The first-order chi connectivity index (χ1) is 26.7. The van der Waals surface area contributed by atoms with Crippen molar-refractivity contribution in [2.75, 3.05) is 16.8 Å². The summed E-state index contributed by atoms with van der Waals surface area (Å²) in [6.45, 7) is 1.78. The van der Waals surface area contributed by atoms with Crippen LogP contribution in [0, 0.1) is 6.92 Å². The number of benzene rings is 6. The number of hydrogen-bond acceptors (Lipinski definition) is 13. The number of amides is 1. The quantitative estimate of drug-likeness (QED) is 0.0314. The third-order valence-electron chi connectivity index (χ3n) is 8.20. The zero-order chi connectivity index (χ0) is 40.0. The number of aryl methyl sites for hydroxylation is 1. The van der Waals surface area contributed by atoms with E-state index in [9.17, 15) is 28.2 Å². The number of carbonyl (C=O) groups is 2. The summed E-state index contributed by atoms with van der Waals surface area (Å²) >= 11 is 0. The van der Waals surface area contributed by atoms with Gasteiger partial charge in [-0.3, -0.25) is 9.35 Å². The number of carboxylic acids is 1. The number of nitrogens with one attached hydrogen (secondary N) is 1. The Labute approximate surface area is 376 Å². The van der Waals surface area contributed by atoms with Gasteiger partial charge in [0.15, 0.2) is 0 Å². The van der Waals surface area contributed by atoms with E-state index >= 15 is 0 Å². The van der Waals surface area contributed by atoms with E-state index in [0.717, 1.165) is 11.1 Å². The molecule has 6 aromatic carbocycles. The first kappa shape index (κ1) is 45.1. The van der Waals surface area contributed by atoms with Crippen molar-refractivity contribution in [3.8, 4) is 16.9 Å². The predicted molar refractivity (Wildman–Crippen MR) is 222 cm³/mol. The van der Waals surface area contributed by atoms with E-state index in [4.69, 9.17) is 16.0 Å². The number of aromatic hydroxyl groups is 1.